The first-order valence-corrected chi connectivity index (χ1v) is 7.84. The zero-order valence-electron chi connectivity index (χ0n) is 13.2. The molecule has 0 saturated heterocycles. The first-order valence-electron chi connectivity index (χ1n) is 7.84. The Hall–Kier alpha value is -1.16. The summed E-state index contributed by atoms with van der Waals surface area (Å²) in [5, 5.41) is 6.92. The minimum atomic E-state index is 0.657. The van der Waals surface area contributed by atoms with Gasteiger partial charge in [-0.15, -0.1) is 0 Å². The van der Waals surface area contributed by atoms with Crippen molar-refractivity contribution in [1.82, 2.24) is 15.3 Å². The lowest BCUT2D eigenvalue weighted by molar-refractivity contribution is 0.304. The Bertz CT molecular complexity index is 405. The number of nitrogens with one attached hydrogen (secondary N) is 2. The van der Waals surface area contributed by atoms with Crippen LogP contribution < -0.4 is 10.6 Å². The predicted octanol–water partition coefficient (Wildman–Crippen LogP) is 3.07. The highest BCUT2D eigenvalue weighted by Crippen LogP contribution is 2.21. The number of hydrogen-bond acceptors (Lipinski definition) is 4. The van der Waals surface area contributed by atoms with Crippen molar-refractivity contribution in [3.8, 4) is 0 Å². The van der Waals surface area contributed by atoms with Crippen molar-refractivity contribution in [3.05, 3.63) is 18.1 Å². The molecule has 1 aromatic heterocycles. The van der Waals surface area contributed by atoms with E-state index in [4.69, 9.17) is 0 Å². The van der Waals surface area contributed by atoms with E-state index in [-0.39, 0.29) is 0 Å². The molecular formula is C16H28N4. The molecule has 2 N–H and O–H groups in total. The van der Waals surface area contributed by atoms with Crippen molar-refractivity contribution in [1.29, 1.82) is 0 Å². The normalized spacial score (nSPS) is 15.3. The first kappa shape index (κ1) is 15.2. The molecule has 0 radical (unpaired) electrons. The van der Waals surface area contributed by atoms with Gasteiger partial charge in [-0.3, -0.25) is 4.98 Å². The largest absolute Gasteiger partial charge is 0.368 e. The molecule has 0 unspecified atom stereocenters. The van der Waals surface area contributed by atoms with Crippen LogP contribution in [0.25, 0.3) is 0 Å². The molecule has 1 fully saturated rings. The van der Waals surface area contributed by atoms with E-state index in [0.29, 0.717) is 23.8 Å². The van der Waals surface area contributed by atoms with E-state index < -0.39 is 0 Å². The van der Waals surface area contributed by atoms with E-state index in [9.17, 15) is 0 Å². The highest BCUT2D eigenvalue weighted by Gasteiger charge is 2.20. The zero-order chi connectivity index (χ0) is 14.5. The fraction of sp³-hybridized carbons (Fsp3) is 0.750. The summed E-state index contributed by atoms with van der Waals surface area (Å²) in [6, 6.07) is 0.708. The molecular weight excluding hydrogens is 248 g/mol. The fourth-order valence-corrected chi connectivity index (χ4v) is 2.58. The van der Waals surface area contributed by atoms with Gasteiger partial charge in [-0.2, -0.15) is 0 Å². The Morgan fingerprint density at radius 1 is 1.15 bits per heavy atom. The summed E-state index contributed by atoms with van der Waals surface area (Å²) in [6.45, 7) is 10.9. The maximum absolute atomic E-state index is 4.63. The highest BCUT2D eigenvalue weighted by molar-refractivity contribution is 5.31. The van der Waals surface area contributed by atoms with Crippen molar-refractivity contribution in [3.63, 3.8) is 0 Å². The van der Waals surface area contributed by atoms with E-state index in [1.165, 1.54) is 12.8 Å². The maximum atomic E-state index is 4.63. The Morgan fingerprint density at radius 2 is 1.85 bits per heavy atom. The van der Waals surface area contributed by atoms with Crippen LogP contribution in [0.1, 0.15) is 46.2 Å². The van der Waals surface area contributed by atoms with E-state index in [2.05, 4.69) is 48.3 Å². The second-order valence-electron chi connectivity index (χ2n) is 6.58. The molecule has 112 valence electrons. The smallest absolute Gasteiger partial charge is 0.144 e. The van der Waals surface area contributed by atoms with Gasteiger partial charge >= 0.3 is 0 Å². The highest BCUT2D eigenvalue weighted by atomic mass is 15.0. The standard InChI is InChI=1S/C16H28N4/c1-11(2)15(12(3)4)9-19-16-10-17-7-14(20-16)8-18-13-5-6-13/h7,10-13,15,18H,5-6,8-9H2,1-4H3,(H,19,20). The Balaban J connectivity index is 1.86. The van der Waals surface area contributed by atoms with Gasteiger partial charge in [0.25, 0.3) is 0 Å². The number of nitrogens with zero attached hydrogens (tertiary/aromatic N) is 2. The Labute approximate surface area is 122 Å². The summed E-state index contributed by atoms with van der Waals surface area (Å²) in [5.41, 5.74) is 1.02. The summed E-state index contributed by atoms with van der Waals surface area (Å²) >= 11 is 0. The van der Waals surface area contributed by atoms with Gasteiger partial charge in [0, 0.05) is 25.3 Å². The third kappa shape index (κ3) is 4.75. The topological polar surface area (TPSA) is 49.8 Å². The molecule has 20 heavy (non-hydrogen) atoms. The summed E-state index contributed by atoms with van der Waals surface area (Å²) in [5.74, 6) is 2.90. The number of aromatic nitrogens is 2. The molecule has 0 aliphatic heterocycles. The van der Waals surface area contributed by atoms with Crippen molar-refractivity contribution >= 4 is 5.82 Å². The lowest BCUT2D eigenvalue weighted by atomic mass is 9.85. The minimum Gasteiger partial charge on any atom is -0.368 e. The molecule has 1 heterocycles. The summed E-state index contributed by atoms with van der Waals surface area (Å²) in [6.07, 6.45) is 6.27. The van der Waals surface area contributed by atoms with E-state index >= 15 is 0 Å². The fourth-order valence-electron chi connectivity index (χ4n) is 2.58. The molecule has 0 amide bonds. The zero-order valence-corrected chi connectivity index (χ0v) is 13.2. The van der Waals surface area contributed by atoms with Gasteiger partial charge in [0.05, 0.1) is 11.9 Å². The average molecular weight is 276 g/mol. The quantitative estimate of drug-likeness (QED) is 0.766. The second kappa shape index (κ2) is 7.02. The van der Waals surface area contributed by atoms with Crippen LogP contribution in [0.2, 0.25) is 0 Å². The third-order valence-corrected chi connectivity index (χ3v) is 4.07. The Morgan fingerprint density at radius 3 is 2.45 bits per heavy atom. The molecule has 1 saturated carbocycles. The van der Waals surface area contributed by atoms with Crippen molar-refractivity contribution in [2.24, 2.45) is 17.8 Å². The van der Waals surface area contributed by atoms with Gasteiger partial charge in [0.2, 0.25) is 0 Å². The minimum absolute atomic E-state index is 0.657. The van der Waals surface area contributed by atoms with Crippen molar-refractivity contribution in [2.75, 3.05) is 11.9 Å². The third-order valence-electron chi connectivity index (χ3n) is 4.07. The molecule has 1 aliphatic rings. The molecule has 1 aliphatic carbocycles. The number of hydrogen-bond donors (Lipinski definition) is 2. The number of rotatable bonds is 8. The maximum Gasteiger partial charge on any atom is 0.144 e. The first-order chi connectivity index (χ1) is 9.56. The van der Waals surface area contributed by atoms with Crippen molar-refractivity contribution < 1.29 is 0 Å². The van der Waals surface area contributed by atoms with Gasteiger partial charge in [0.15, 0.2) is 0 Å². The van der Waals surface area contributed by atoms with Crippen LogP contribution in [0.15, 0.2) is 12.4 Å². The van der Waals surface area contributed by atoms with Crippen LogP contribution in [0, 0.1) is 17.8 Å². The van der Waals surface area contributed by atoms with E-state index in [1.54, 1.807) is 0 Å². The van der Waals surface area contributed by atoms with Gasteiger partial charge in [-0.25, -0.2) is 4.98 Å². The molecule has 2 rings (SSSR count). The summed E-state index contributed by atoms with van der Waals surface area (Å²) < 4.78 is 0. The van der Waals surface area contributed by atoms with Gasteiger partial charge in [-0.1, -0.05) is 27.7 Å². The molecule has 4 nitrogen and oxygen atoms in total. The van der Waals surface area contributed by atoms with Crippen LogP contribution in [-0.2, 0) is 6.54 Å². The van der Waals surface area contributed by atoms with Crippen LogP contribution in [-0.4, -0.2) is 22.6 Å². The molecule has 0 bridgehead atoms. The van der Waals surface area contributed by atoms with Crippen LogP contribution in [0.4, 0.5) is 5.82 Å². The lowest BCUT2D eigenvalue weighted by Crippen LogP contribution is -2.25. The van der Waals surface area contributed by atoms with E-state index in [1.807, 2.05) is 12.4 Å². The molecule has 4 heteroatoms. The lowest BCUT2D eigenvalue weighted by Gasteiger charge is -2.25. The average Bonchev–Trinajstić information content (AvgIpc) is 3.20. The van der Waals surface area contributed by atoms with Gasteiger partial charge in [-0.05, 0) is 30.6 Å². The van der Waals surface area contributed by atoms with Crippen LogP contribution in [0.5, 0.6) is 0 Å². The molecule has 0 aromatic carbocycles. The second-order valence-corrected chi connectivity index (χ2v) is 6.58. The van der Waals surface area contributed by atoms with E-state index in [0.717, 1.165) is 24.6 Å². The molecule has 0 spiro atoms. The van der Waals surface area contributed by atoms with Crippen molar-refractivity contribution in [2.45, 2.75) is 53.1 Å². The Kier molecular flexibility index (Phi) is 5.35. The van der Waals surface area contributed by atoms with Gasteiger partial charge < -0.3 is 10.6 Å². The molecule has 0 atom stereocenters. The summed E-state index contributed by atoms with van der Waals surface area (Å²) in [4.78, 5) is 8.91. The summed E-state index contributed by atoms with van der Waals surface area (Å²) in [7, 11) is 0. The van der Waals surface area contributed by atoms with Crippen LogP contribution in [0.3, 0.4) is 0 Å². The van der Waals surface area contributed by atoms with Crippen LogP contribution >= 0.6 is 0 Å². The monoisotopic (exact) mass is 276 g/mol. The SMILES string of the molecule is CC(C)C(CNc1cncc(CNC2CC2)n1)C(C)C. The van der Waals surface area contributed by atoms with Gasteiger partial charge in [0.1, 0.15) is 5.82 Å². The predicted molar refractivity (Wildman–Crippen MR) is 83.5 cm³/mol. The number of anilines is 1. The molecule has 1 aromatic rings.